The number of nitrogens with one attached hydrogen (secondary N) is 1. The molecule has 1 aliphatic heterocycles. The molecule has 1 heterocycles. The predicted octanol–water partition coefficient (Wildman–Crippen LogP) is 1.75. The first-order valence-electron chi connectivity index (χ1n) is 7.01. The molecule has 8 heteroatoms. The molecule has 0 aliphatic carbocycles. The normalized spacial score (nSPS) is 15.9. The van der Waals surface area contributed by atoms with E-state index in [1.54, 1.807) is 12.1 Å². The average molecular weight is 335 g/mol. The Hall–Kier alpha value is -3.03. The molecule has 0 bridgehead atoms. The van der Waals surface area contributed by atoms with Gasteiger partial charge >= 0.3 is 17.9 Å². The van der Waals surface area contributed by atoms with Gasteiger partial charge in [-0.05, 0) is 12.1 Å². The highest BCUT2D eigenvalue weighted by molar-refractivity contribution is 6.15. The van der Waals surface area contributed by atoms with Gasteiger partial charge in [-0.3, -0.25) is 4.79 Å². The van der Waals surface area contributed by atoms with E-state index in [1.807, 2.05) is 0 Å². The van der Waals surface area contributed by atoms with E-state index in [0.29, 0.717) is 11.4 Å². The van der Waals surface area contributed by atoms with Crippen LogP contribution in [0.5, 0.6) is 11.5 Å². The number of hydrogen-bond acceptors (Lipinski definition) is 8. The lowest BCUT2D eigenvalue weighted by atomic mass is 10.2. The summed E-state index contributed by atoms with van der Waals surface area (Å²) in [4.78, 5) is 34.7. The van der Waals surface area contributed by atoms with Gasteiger partial charge in [0.15, 0.2) is 17.1 Å². The van der Waals surface area contributed by atoms with Crippen LogP contribution in [0, 0.1) is 0 Å². The molecule has 8 nitrogen and oxygen atoms in total. The molecule has 0 saturated carbocycles. The third-order valence-electron chi connectivity index (χ3n) is 2.92. The second-order valence-electron chi connectivity index (χ2n) is 5.34. The van der Waals surface area contributed by atoms with Crippen LogP contribution in [0.4, 0.5) is 5.69 Å². The van der Waals surface area contributed by atoms with Gasteiger partial charge in [0.25, 0.3) is 5.79 Å². The van der Waals surface area contributed by atoms with E-state index in [4.69, 9.17) is 18.9 Å². The summed E-state index contributed by atoms with van der Waals surface area (Å²) < 4.78 is 20.1. The molecule has 1 N–H and O–H groups in total. The quantitative estimate of drug-likeness (QED) is 0.384. The molecule has 24 heavy (non-hydrogen) atoms. The topological polar surface area (TPSA) is 100 Å². The first-order valence-corrected chi connectivity index (χ1v) is 7.01. The lowest BCUT2D eigenvalue weighted by molar-refractivity contribution is -0.222. The van der Waals surface area contributed by atoms with Crippen LogP contribution in [0.15, 0.2) is 30.0 Å². The fraction of sp³-hybridized carbons (Fsp3) is 0.312. The maximum atomic E-state index is 11.8. The first-order chi connectivity index (χ1) is 11.2. The number of rotatable bonds is 4. The van der Waals surface area contributed by atoms with E-state index in [0.717, 1.165) is 0 Å². The molecule has 0 radical (unpaired) electrons. The molecule has 0 aromatic heterocycles. The number of anilines is 1. The van der Waals surface area contributed by atoms with Gasteiger partial charge in [-0.2, -0.15) is 0 Å². The fourth-order valence-electron chi connectivity index (χ4n) is 1.93. The van der Waals surface area contributed by atoms with Gasteiger partial charge in [-0.15, -0.1) is 0 Å². The van der Waals surface area contributed by atoms with E-state index in [-0.39, 0.29) is 11.3 Å². The molecule has 1 aromatic rings. The largest absolute Gasteiger partial charge is 0.493 e. The summed E-state index contributed by atoms with van der Waals surface area (Å²) in [6.07, 6.45) is 1.18. The van der Waals surface area contributed by atoms with Crippen molar-refractivity contribution in [3.8, 4) is 11.5 Å². The molecule has 2 rings (SSSR count). The monoisotopic (exact) mass is 335 g/mol. The van der Waals surface area contributed by atoms with Crippen molar-refractivity contribution in [1.29, 1.82) is 0 Å². The standard InChI is InChI=1S/C16H17NO7/c1-9(18)22-12-6-5-10(7-13(12)21-4)17-8-11-14(19)23-16(2,3)24-15(11)20/h5-8,17H,1-4H3. The summed E-state index contributed by atoms with van der Waals surface area (Å²) in [5, 5.41) is 2.77. The third kappa shape index (κ3) is 4.03. The Bertz CT molecular complexity index is 699. The second-order valence-corrected chi connectivity index (χ2v) is 5.34. The maximum Gasteiger partial charge on any atom is 0.350 e. The molecular weight excluding hydrogens is 318 g/mol. The van der Waals surface area contributed by atoms with Crippen molar-refractivity contribution in [3.05, 3.63) is 30.0 Å². The van der Waals surface area contributed by atoms with Gasteiger partial charge in [0, 0.05) is 38.7 Å². The number of ether oxygens (including phenoxy) is 4. The summed E-state index contributed by atoms with van der Waals surface area (Å²) in [5.74, 6) is -2.78. The number of carbonyl (C=O) groups excluding carboxylic acids is 3. The molecule has 0 unspecified atom stereocenters. The Balaban J connectivity index is 2.18. The van der Waals surface area contributed by atoms with Crippen LogP contribution in [0.25, 0.3) is 0 Å². The zero-order valence-electron chi connectivity index (χ0n) is 13.7. The van der Waals surface area contributed by atoms with Crippen LogP contribution >= 0.6 is 0 Å². The van der Waals surface area contributed by atoms with E-state index in [2.05, 4.69) is 5.32 Å². The fourth-order valence-corrected chi connectivity index (χ4v) is 1.93. The number of methoxy groups -OCH3 is 1. The first kappa shape index (κ1) is 17.3. The van der Waals surface area contributed by atoms with Crippen LogP contribution in [0.3, 0.4) is 0 Å². The van der Waals surface area contributed by atoms with Gasteiger partial charge < -0.3 is 24.3 Å². The molecule has 1 fully saturated rings. The van der Waals surface area contributed by atoms with Crippen LogP contribution in [0.1, 0.15) is 20.8 Å². The van der Waals surface area contributed by atoms with Crippen LogP contribution in [0.2, 0.25) is 0 Å². The van der Waals surface area contributed by atoms with Crippen molar-refractivity contribution in [1.82, 2.24) is 0 Å². The van der Waals surface area contributed by atoms with Crippen molar-refractivity contribution in [2.45, 2.75) is 26.6 Å². The van der Waals surface area contributed by atoms with Crippen LogP contribution in [-0.4, -0.2) is 30.8 Å². The van der Waals surface area contributed by atoms with Crippen LogP contribution < -0.4 is 14.8 Å². The highest BCUT2D eigenvalue weighted by Gasteiger charge is 2.38. The number of carbonyl (C=O) groups is 3. The summed E-state index contributed by atoms with van der Waals surface area (Å²) in [5.41, 5.74) is 0.234. The average Bonchev–Trinajstić information content (AvgIpc) is 2.45. The minimum Gasteiger partial charge on any atom is -0.493 e. The number of hydrogen-bond donors (Lipinski definition) is 1. The Morgan fingerprint density at radius 2 is 1.79 bits per heavy atom. The summed E-state index contributed by atoms with van der Waals surface area (Å²) in [7, 11) is 1.42. The summed E-state index contributed by atoms with van der Waals surface area (Å²) in [6.45, 7) is 4.20. The molecule has 0 spiro atoms. The Kier molecular flexibility index (Phi) is 4.77. The third-order valence-corrected chi connectivity index (χ3v) is 2.92. The maximum absolute atomic E-state index is 11.8. The summed E-state index contributed by atoms with van der Waals surface area (Å²) >= 11 is 0. The van der Waals surface area contributed by atoms with Crippen LogP contribution in [-0.2, 0) is 23.9 Å². The second kappa shape index (κ2) is 6.61. The van der Waals surface area contributed by atoms with Gasteiger partial charge in [0.1, 0.15) is 0 Å². The number of benzene rings is 1. The SMILES string of the molecule is COc1cc(NC=C2C(=O)OC(C)(C)OC2=O)ccc1OC(C)=O. The Morgan fingerprint density at radius 1 is 1.17 bits per heavy atom. The van der Waals surface area contributed by atoms with Gasteiger partial charge in [0.05, 0.1) is 7.11 Å². The Morgan fingerprint density at radius 3 is 2.33 bits per heavy atom. The van der Waals surface area contributed by atoms with Crippen molar-refractivity contribution in [3.63, 3.8) is 0 Å². The molecule has 0 atom stereocenters. The highest BCUT2D eigenvalue weighted by atomic mass is 16.7. The van der Waals surface area contributed by atoms with E-state index in [1.165, 1.54) is 40.1 Å². The lowest BCUT2D eigenvalue weighted by Crippen LogP contribution is -2.42. The van der Waals surface area contributed by atoms with Crippen molar-refractivity contribution < 1.29 is 33.3 Å². The molecular formula is C16H17NO7. The van der Waals surface area contributed by atoms with E-state index < -0.39 is 23.7 Å². The minimum atomic E-state index is -1.29. The zero-order chi connectivity index (χ0) is 17.9. The minimum absolute atomic E-state index is 0.251. The highest BCUT2D eigenvalue weighted by Crippen LogP contribution is 2.30. The van der Waals surface area contributed by atoms with Gasteiger partial charge in [-0.25, -0.2) is 9.59 Å². The zero-order valence-corrected chi connectivity index (χ0v) is 13.7. The van der Waals surface area contributed by atoms with Gasteiger partial charge in [-0.1, -0.05) is 0 Å². The number of cyclic esters (lactones) is 2. The summed E-state index contributed by atoms with van der Waals surface area (Å²) in [6, 6.07) is 4.64. The van der Waals surface area contributed by atoms with Gasteiger partial charge in [0.2, 0.25) is 0 Å². The number of esters is 3. The van der Waals surface area contributed by atoms with Crippen molar-refractivity contribution >= 4 is 23.6 Å². The molecule has 1 aromatic carbocycles. The Labute approximate surface area is 138 Å². The molecule has 1 saturated heterocycles. The van der Waals surface area contributed by atoms with E-state index in [9.17, 15) is 14.4 Å². The lowest BCUT2D eigenvalue weighted by Gasteiger charge is -2.29. The predicted molar refractivity (Wildman–Crippen MR) is 82.3 cm³/mol. The van der Waals surface area contributed by atoms with Crippen molar-refractivity contribution in [2.75, 3.05) is 12.4 Å². The van der Waals surface area contributed by atoms with E-state index >= 15 is 0 Å². The molecule has 128 valence electrons. The van der Waals surface area contributed by atoms with Crippen molar-refractivity contribution in [2.24, 2.45) is 0 Å². The molecule has 0 amide bonds. The molecule has 1 aliphatic rings. The smallest absolute Gasteiger partial charge is 0.350 e.